The average molecular weight is 324 g/mol. The Morgan fingerprint density at radius 3 is 1.57 bits per heavy atom. The first-order valence-corrected chi connectivity index (χ1v) is 11.0. The van der Waals surface area contributed by atoms with Crippen LogP contribution in [0.25, 0.3) is 0 Å². The van der Waals surface area contributed by atoms with Gasteiger partial charge in [0.05, 0.1) is 0 Å². The minimum atomic E-state index is -1.09. The molecule has 0 saturated carbocycles. The summed E-state index contributed by atoms with van der Waals surface area (Å²) in [5.74, 6) is 0. The fourth-order valence-corrected chi connectivity index (χ4v) is 8.77. The highest BCUT2D eigenvalue weighted by Crippen LogP contribution is 2.50. The highest BCUT2D eigenvalue weighted by Gasteiger charge is 2.44. The number of allylic oxidation sites excluding steroid dienone is 4. The lowest BCUT2D eigenvalue weighted by Gasteiger charge is -2.30. The second-order valence-corrected chi connectivity index (χ2v) is 11.1. The van der Waals surface area contributed by atoms with Gasteiger partial charge in [0.2, 0.25) is 8.11 Å². The minimum absolute atomic E-state index is 0.182. The quantitative estimate of drug-likeness (QED) is 0.410. The molecule has 0 aromatic rings. The molecule has 0 aromatic heterocycles. The zero-order valence-corrected chi connectivity index (χ0v) is 17.3. The molecule has 0 atom stereocenters. The summed E-state index contributed by atoms with van der Waals surface area (Å²) >= 11 is 7.13. The van der Waals surface area contributed by atoms with Gasteiger partial charge in [0, 0.05) is 0 Å². The predicted molar refractivity (Wildman–Crippen MR) is 102 cm³/mol. The Balaban J connectivity index is 3.62. The van der Waals surface area contributed by atoms with Crippen LogP contribution in [0.15, 0.2) is 21.4 Å². The van der Waals surface area contributed by atoms with E-state index in [-0.39, 0.29) is 10.8 Å². The van der Waals surface area contributed by atoms with Crippen LogP contribution in [0.3, 0.4) is 0 Å². The molecular formula is C18H33BClSi. The number of rotatable bonds is 4. The molecule has 1 aliphatic rings. The van der Waals surface area contributed by atoms with E-state index in [9.17, 15) is 0 Å². The first-order chi connectivity index (χ1) is 9.50. The first-order valence-electron chi connectivity index (χ1n) is 8.52. The van der Waals surface area contributed by atoms with Crippen molar-refractivity contribution in [2.24, 2.45) is 10.8 Å². The Morgan fingerprint density at radius 2 is 1.29 bits per heavy atom. The van der Waals surface area contributed by atoms with Crippen molar-refractivity contribution >= 4 is 25.9 Å². The molecule has 0 fully saturated rings. The maximum absolute atomic E-state index is 7.13. The van der Waals surface area contributed by atoms with Gasteiger partial charge in [-0.2, -0.15) is 11.1 Å². The summed E-state index contributed by atoms with van der Waals surface area (Å²) in [6.07, 6.45) is 3.57. The van der Waals surface area contributed by atoms with Crippen molar-refractivity contribution in [3.05, 3.63) is 21.4 Å². The van der Waals surface area contributed by atoms with E-state index in [2.05, 4.69) is 62.3 Å². The van der Waals surface area contributed by atoms with E-state index in [1.54, 1.807) is 21.4 Å². The standard InChI is InChI=1S/C18H33BClSi/c1-10-13-14(19(11-2)12-3)16(18(7,8)9)21(20)15(13)17(4,5)6/h10-12H2,1-9H3. The molecule has 1 heterocycles. The highest BCUT2D eigenvalue weighted by molar-refractivity contribution is 7.16. The topological polar surface area (TPSA) is 0 Å². The minimum Gasteiger partial charge on any atom is -0.157 e. The van der Waals surface area contributed by atoms with Crippen molar-refractivity contribution in [1.29, 1.82) is 0 Å². The molecule has 1 rings (SSSR count). The summed E-state index contributed by atoms with van der Waals surface area (Å²) in [5, 5.41) is 3.16. The maximum Gasteiger partial charge on any atom is 0.226 e. The SMILES string of the molecule is CCB(CC)C1=C(C(C)(C)C)[Si](Cl)C(C(C)(C)C)=C1CC. The Kier molecular flexibility index (Phi) is 6.06. The molecule has 0 saturated heterocycles. The molecule has 0 spiro atoms. The molecule has 0 nitrogen and oxygen atoms in total. The van der Waals surface area contributed by atoms with E-state index >= 15 is 0 Å². The first kappa shape index (κ1) is 19.1. The average Bonchev–Trinajstić information content (AvgIpc) is 2.63. The number of halogens is 1. The zero-order valence-electron chi connectivity index (χ0n) is 15.6. The third-order valence-electron chi connectivity index (χ3n) is 4.58. The van der Waals surface area contributed by atoms with Gasteiger partial charge in [0.15, 0.2) is 6.71 Å². The summed E-state index contributed by atoms with van der Waals surface area (Å²) in [5.41, 5.74) is 3.61. The lowest BCUT2D eigenvalue weighted by Crippen LogP contribution is -2.28. The Hall–Kier alpha value is 0.0518. The van der Waals surface area contributed by atoms with E-state index in [0.717, 1.165) is 6.42 Å². The van der Waals surface area contributed by atoms with Gasteiger partial charge in [-0.1, -0.05) is 96.4 Å². The highest BCUT2D eigenvalue weighted by atomic mass is 35.6. The molecule has 0 aliphatic carbocycles. The van der Waals surface area contributed by atoms with Crippen LogP contribution in [-0.2, 0) is 0 Å². The van der Waals surface area contributed by atoms with Crippen LogP contribution < -0.4 is 0 Å². The van der Waals surface area contributed by atoms with Gasteiger partial charge >= 0.3 is 0 Å². The lowest BCUT2D eigenvalue weighted by molar-refractivity contribution is 0.518. The molecule has 0 N–H and O–H groups in total. The van der Waals surface area contributed by atoms with Gasteiger partial charge in [0.1, 0.15) is 0 Å². The van der Waals surface area contributed by atoms with E-state index in [4.69, 9.17) is 11.1 Å². The van der Waals surface area contributed by atoms with Gasteiger partial charge in [-0.3, -0.25) is 0 Å². The van der Waals surface area contributed by atoms with E-state index in [0.29, 0.717) is 6.71 Å². The predicted octanol–water partition coefficient (Wildman–Crippen LogP) is 6.48. The molecule has 119 valence electrons. The normalized spacial score (nSPS) is 18.0. The third kappa shape index (κ3) is 3.70. The lowest BCUT2D eigenvalue weighted by atomic mass is 9.38. The fourth-order valence-electron chi connectivity index (χ4n) is 3.69. The molecule has 0 amide bonds. The van der Waals surface area contributed by atoms with Crippen molar-refractivity contribution in [2.45, 2.75) is 81.4 Å². The molecule has 1 radical (unpaired) electrons. The largest absolute Gasteiger partial charge is 0.226 e. The molecule has 0 bridgehead atoms. The van der Waals surface area contributed by atoms with Gasteiger partial charge in [-0.05, 0) is 17.3 Å². The summed E-state index contributed by atoms with van der Waals surface area (Å²) in [6, 6.07) is 0. The van der Waals surface area contributed by atoms with Crippen molar-refractivity contribution in [3.8, 4) is 0 Å². The number of hydrogen-bond acceptors (Lipinski definition) is 0. The van der Waals surface area contributed by atoms with Gasteiger partial charge in [-0.25, -0.2) is 0 Å². The summed E-state index contributed by atoms with van der Waals surface area (Å²) in [7, 11) is -1.09. The van der Waals surface area contributed by atoms with E-state index in [1.165, 1.54) is 12.6 Å². The van der Waals surface area contributed by atoms with Crippen LogP contribution in [0.1, 0.15) is 68.7 Å². The van der Waals surface area contributed by atoms with Crippen LogP contribution in [0, 0.1) is 10.8 Å². The third-order valence-corrected chi connectivity index (χ3v) is 8.67. The van der Waals surface area contributed by atoms with E-state index in [1.807, 2.05) is 0 Å². The van der Waals surface area contributed by atoms with Crippen molar-refractivity contribution in [2.75, 3.05) is 0 Å². The zero-order chi connectivity index (χ0) is 16.6. The Morgan fingerprint density at radius 1 is 0.857 bits per heavy atom. The molecule has 3 heteroatoms. The smallest absolute Gasteiger partial charge is 0.157 e. The maximum atomic E-state index is 7.13. The van der Waals surface area contributed by atoms with Gasteiger partial charge < -0.3 is 0 Å². The summed E-state index contributed by atoms with van der Waals surface area (Å²) in [6.45, 7) is 21.7. The summed E-state index contributed by atoms with van der Waals surface area (Å²) in [4.78, 5) is 0. The Labute approximate surface area is 139 Å². The molecule has 0 aromatic carbocycles. The molecule has 1 aliphatic heterocycles. The summed E-state index contributed by atoms with van der Waals surface area (Å²) < 4.78 is 0. The van der Waals surface area contributed by atoms with Crippen molar-refractivity contribution < 1.29 is 0 Å². The van der Waals surface area contributed by atoms with Gasteiger partial charge in [0.25, 0.3) is 0 Å². The monoisotopic (exact) mass is 323 g/mol. The fraction of sp³-hybridized carbons (Fsp3) is 0.778. The van der Waals surface area contributed by atoms with Gasteiger partial charge in [-0.15, -0.1) is 0 Å². The Bertz CT molecular complexity index is 445. The number of hydrogen-bond donors (Lipinski definition) is 0. The molecular weight excluding hydrogens is 291 g/mol. The van der Waals surface area contributed by atoms with Crippen LogP contribution in [0.2, 0.25) is 12.6 Å². The molecule has 0 unspecified atom stereocenters. The van der Waals surface area contributed by atoms with Crippen LogP contribution in [0.5, 0.6) is 0 Å². The van der Waals surface area contributed by atoms with Crippen LogP contribution >= 0.6 is 11.1 Å². The van der Waals surface area contributed by atoms with Crippen LogP contribution in [0.4, 0.5) is 0 Å². The van der Waals surface area contributed by atoms with Crippen molar-refractivity contribution in [3.63, 3.8) is 0 Å². The second-order valence-electron chi connectivity index (χ2n) is 8.32. The van der Waals surface area contributed by atoms with Crippen molar-refractivity contribution in [1.82, 2.24) is 0 Å². The second kappa shape index (κ2) is 6.66. The molecule has 21 heavy (non-hydrogen) atoms. The van der Waals surface area contributed by atoms with E-state index < -0.39 is 8.11 Å². The van der Waals surface area contributed by atoms with Crippen LogP contribution in [-0.4, -0.2) is 14.8 Å².